The molecule has 17 heavy (non-hydrogen) atoms. The number of nitrogens with one attached hydrogen (secondary N) is 1. The second-order valence-corrected chi connectivity index (χ2v) is 6.09. The number of pyridine rings is 1. The summed E-state index contributed by atoms with van der Waals surface area (Å²) >= 11 is 5.57. The molecule has 0 fully saturated rings. The Morgan fingerprint density at radius 2 is 2.12 bits per heavy atom. The standard InChI is InChI=1S/C10H15ClN2O3S/c1-8(5-11)7-17(15,16)12-9-3-4-10(14)13(2)6-9/h3-4,6,8,12H,5,7H2,1-2H3. The number of nitrogens with zero attached hydrogens (tertiary/aromatic N) is 1. The van der Waals surface area contributed by atoms with Gasteiger partial charge in [0, 0.05) is 25.2 Å². The van der Waals surface area contributed by atoms with E-state index in [1.165, 1.54) is 22.9 Å². The first-order chi connectivity index (χ1) is 7.84. The molecule has 0 spiro atoms. The van der Waals surface area contributed by atoms with Crippen LogP contribution in [0.4, 0.5) is 5.69 Å². The van der Waals surface area contributed by atoms with Crippen LogP contribution < -0.4 is 10.3 Å². The highest BCUT2D eigenvalue weighted by Crippen LogP contribution is 2.09. The lowest BCUT2D eigenvalue weighted by Crippen LogP contribution is -2.23. The second kappa shape index (κ2) is 5.55. The lowest BCUT2D eigenvalue weighted by atomic mass is 10.3. The molecule has 0 aromatic carbocycles. The maximum absolute atomic E-state index is 11.7. The lowest BCUT2D eigenvalue weighted by Gasteiger charge is -2.11. The van der Waals surface area contributed by atoms with Gasteiger partial charge in [0.1, 0.15) is 0 Å². The lowest BCUT2D eigenvalue weighted by molar-refractivity contribution is 0.588. The van der Waals surface area contributed by atoms with Crippen LogP contribution in [0.25, 0.3) is 0 Å². The zero-order valence-electron chi connectivity index (χ0n) is 9.68. The summed E-state index contributed by atoms with van der Waals surface area (Å²) in [6.45, 7) is 1.76. The summed E-state index contributed by atoms with van der Waals surface area (Å²) < 4.78 is 27.1. The number of hydrogen-bond acceptors (Lipinski definition) is 3. The quantitative estimate of drug-likeness (QED) is 0.817. The Kier molecular flexibility index (Phi) is 4.59. The maximum Gasteiger partial charge on any atom is 0.250 e. The van der Waals surface area contributed by atoms with Gasteiger partial charge in [-0.25, -0.2) is 8.42 Å². The van der Waals surface area contributed by atoms with Gasteiger partial charge in [0.25, 0.3) is 0 Å². The Labute approximate surface area is 105 Å². The average Bonchev–Trinajstić information content (AvgIpc) is 2.22. The summed E-state index contributed by atoms with van der Waals surface area (Å²) in [7, 11) is -1.87. The van der Waals surface area contributed by atoms with E-state index in [2.05, 4.69) is 4.72 Å². The monoisotopic (exact) mass is 278 g/mol. The summed E-state index contributed by atoms with van der Waals surface area (Å²) in [5, 5.41) is 0. The van der Waals surface area contributed by atoms with E-state index in [4.69, 9.17) is 11.6 Å². The minimum Gasteiger partial charge on any atom is -0.316 e. The van der Waals surface area contributed by atoms with Gasteiger partial charge in [-0.15, -0.1) is 11.6 Å². The molecule has 96 valence electrons. The number of aromatic nitrogens is 1. The molecule has 1 unspecified atom stereocenters. The van der Waals surface area contributed by atoms with Gasteiger partial charge in [0.2, 0.25) is 15.6 Å². The van der Waals surface area contributed by atoms with Gasteiger partial charge < -0.3 is 4.57 Å². The summed E-state index contributed by atoms with van der Waals surface area (Å²) in [6.07, 6.45) is 1.44. The van der Waals surface area contributed by atoms with Crippen molar-refractivity contribution in [1.82, 2.24) is 4.57 Å². The first-order valence-electron chi connectivity index (χ1n) is 5.07. The van der Waals surface area contributed by atoms with Crippen LogP contribution in [0.2, 0.25) is 0 Å². The zero-order chi connectivity index (χ0) is 13.1. The van der Waals surface area contributed by atoms with Crippen molar-refractivity contribution in [3.05, 3.63) is 28.7 Å². The minimum atomic E-state index is -3.43. The molecule has 0 aliphatic heterocycles. The van der Waals surface area contributed by atoms with Crippen molar-refractivity contribution in [3.8, 4) is 0 Å². The van der Waals surface area contributed by atoms with Gasteiger partial charge in [-0.05, 0) is 12.0 Å². The molecule has 1 rings (SSSR count). The van der Waals surface area contributed by atoms with Gasteiger partial charge in [0.15, 0.2) is 0 Å². The van der Waals surface area contributed by atoms with Crippen LogP contribution in [0.3, 0.4) is 0 Å². The zero-order valence-corrected chi connectivity index (χ0v) is 11.3. The normalized spacial score (nSPS) is 13.4. The number of aryl methyl sites for hydroxylation is 1. The fraction of sp³-hybridized carbons (Fsp3) is 0.500. The Hall–Kier alpha value is -1.01. The first kappa shape index (κ1) is 14.1. The van der Waals surface area contributed by atoms with E-state index in [-0.39, 0.29) is 23.1 Å². The molecule has 0 amide bonds. The smallest absolute Gasteiger partial charge is 0.250 e. The van der Waals surface area contributed by atoms with Crippen molar-refractivity contribution in [2.75, 3.05) is 16.4 Å². The van der Waals surface area contributed by atoms with Crippen LogP contribution >= 0.6 is 11.6 Å². The molecule has 0 bridgehead atoms. The van der Waals surface area contributed by atoms with Crippen molar-refractivity contribution in [2.45, 2.75) is 6.92 Å². The molecule has 1 aromatic rings. The average molecular weight is 279 g/mol. The van der Waals surface area contributed by atoms with Gasteiger partial charge in [-0.2, -0.15) is 0 Å². The van der Waals surface area contributed by atoms with Crippen molar-refractivity contribution < 1.29 is 8.42 Å². The van der Waals surface area contributed by atoms with Crippen molar-refractivity contribution >= 4 is 27.3 Å². The van der Waals surface area contributed by atoms with Crippen LogP contribution in [0.15, 0.2) is 23.1 Å². The molecular weight excluding hydrogens is 264 g/mol. The highest BCUT2D eigenvalue weighted by Gasteiger charge is 2.15. The Morgan fingerprint density at radius 1 is 1.47 bits per heavy atom. The fourth-order valence-corrected chi connectivity index (χ4v) is 2.96. The highest BCUT2D eigenvalue weighted by atomic mass is 35.5. The van der Waals surface area contributed by atoms with Crippen LogP contribution in [-0.4, -0.2) is 24.6 Å². The maximum atomic E-state index is 11.7. The largest absolute Gasteiger partial charge is 0.316 e. The van der Waals surface area contributed by atoms with Gasteiger partial charge >= 0.3 is 0 Å². The van der Waals surface area contributed by atoms with E-state index in [0.29, 0.717) is 5.69 Å². The summed E-state index contributed by atoms with van der Waals surface area (Å²) in [6, 6.07) is 2.74. The van der Waals surface area contributed by atoms with Crippen molar-refractivity contribution in [2.24, 2.45) is 13.0 Å². The summed E-state index contributed by atoms with van der Waals surface area (Å²) in [5.74, 6) is 0.120. The second-order valence-electron chi connectivity index (χ2n) is 4.01. The molecule has 0 saturated carbocycles. The number of hydrogen-bond donors (Lipinski definition) is 1. The molecule has 7 heteroatoms. The van der Waals surface area contributed by atoms with E-state index >= 15 is 0 Å². The van der Waals surface area contributed by atoms with E-state index in [0.717, 1.165) is 0 Å². The van der Waals surface area contributed by atoms with Crippen LogP contribution in [0.5, 0.6) is 0 Å². The Bertz CT molecular complexity index is 539. The Morgan fingerprint density at radius 3 is 2.65 bits per heavy atom. The highest BCUT2D eigenvalue weighted by molar-refractivity contribution is 7.92. The predicted octanol–water partition coefficient (Wildman–Crippen LogP) is 1.00. The minimum absolute atomic E-state index is 0.0423. The molecule has 0 radical (unpaired) electrons. The number of anilines is 1. The number of sulfonamides is 1. The van der Waals surface area contributed by atoms with Crippen molar-refractivity contribution in [1.29, 1.82) is 0 Å². The number of rotatable bonds is 5. The Balaban J connectivity index is 2.83. The molecule has 1 aromatic heterocycles. The number of halogens is 1. The molecule has 1 N–H and O–H groups in total. The van der Waals surface area contributed by atoms with Crippen molar-refractivity contribution in [3.63, 3.8) is 0 Å². The van der Waals surface area contributed by atoms with Gasteiger partial charge in [0.05, 0.1) is 11.4 Å². The summed E-state index contributed by atoms with van der Waals surface area (Å²) in [5.41, 5.74) is 0.177. The van der Waals surface area contributed by atoms with Crippen LogP contribution in [-0.2, 0) is 17.1 Å². The third kappa shape index (κ3) is 4.40. The van der Waals surface area contributed by atoms with E-state index in [9.17, 15) is 13.2 Å². The topological polar surface area (TPSA) is 68.2 Å². The molecule has 5 nitrogen and oxygen atoms in total. The molecular formula is C10H15ClN2O3S. The molecule has 1 atom stereocenters. The SMILES string of the molecule is CC(CCl)CS(=O)(=O)Nc1ccc(=O)n(C)c1. The predicted molar refractivity (Wildman–Crippen MR) is 69.0 cm³/mol. The molecule has 0 saturated heterocycles. The number of alkyl halides is 1. The molecule has 1 heterocycles. The molecule has 0 aliphatic rings. The molecule has 0 aliphatic carbocycles. The third-order valence-corrected chi connectivity index (χ3v) is 4.21. The van der Waals surface area contributed by atoms with E-state index < -0.39 is 10.0 Å². The fourth-order valence-electron chi connectivity index (χ4n) is 1.29. The third-order valence-electron chi connectivity index (χ3n) is 2.13. The van der Waals surface area contributed by atoms with Crippen LogP contribution in [0.1, 0.15) is 6.92 Å². The van der Waals surface area contributed by atoms with Crippen LogP contribution in [0, 0.1) is 5.92 Å². The first-order valence-corrected chi connectivity index (χ1v) is 7.26. The van der Waals surface area contributed by atoms with E-state index in [1.54, 1.807) is 14.0 Å². The van der Waals surface area contributed by atoms with E-state index in [1.807, 2.05) is 0 Å². The van der Waals surface area contributed by atoms with Gasteiger partial charge in [-0.1, -0.05) is 6.92 Å². The van der Waals surface area contributed by atoms with Gasteiger partial charge in [-0.3, -0.25) is 9.52 Å². The summed E-state index contributed by atoms with van der Waals surface area (Å²) in [4.78, 5) is 11.1.